The molecule has 1 fully saturated rings. The standard InChI is InChI=1S/C18H19N3O3/c1-2-21-11-13(10-19-21)17-14(7-8-23-17)20-18(22)16-9-12-5-3-4-6-15(12)24-16/h3-6,9-11,14,17H,2,7-8H2,1H3,(H,20,22)/t14-,17+/m0/s1. The number of fused-ring (bicyclic) bond motifs is 1. The molecule has 1 N–H and O–H groups in total. The van der Waals surface area contributed by atoms with E-state index in [2.05, 4.69) is 10.4 Å². The molecular formula is C18H19N3O3. The number of nitrogens with one attached hydrogen (secondary N) is 1. The lowest BCUT2D eigenvalue weighted by atomic mass is 10.1. The Labute approximate surface area is 139 Å². The molecule has 6 nitrogen and oxygen atoms in total. The van der Waals surface area contributed by atoms with Gasteiger partial charge in [0.15, 0.2) is 5.76 Å². The molecule has 0 bridgehead atoms. The first kappa shape index (κ1) is 15.0. The van der Waals surface area contributed by atoms with Gasteiger partial charge < -0.3 is 14.5 Å². The maximum Gasteiger partial charge on any atom is 0.287 e. The van der Waals surface area contributed by atoms with Gasteiger partial charge >= 0.3 is 0 Å². The Bertz CT molecular complexity index is 834. The summed E-state index contributed by atoms with van der Waals surface area (Å²) in [5.41, 5.74) is 1.70. The largest absolute Gasteiger partial charge is 0.451 e. The highest BCUT2D eigenvalue weighted by atomic mass is 16.5. The number of hydrogen-bond acceptors (Lipinski definition) is 4. The van der Waals surface area contributed by atoms with Gasteiger partial charge in [0.1, 0.15) is 11.7 Å². The number of amides is 1. The van der Waals surface area contributed by atoms with Crippen molar-refractivity contribution >= 4 is 16.9 Å². The molecular weight excluding hydrogens is 306 g/mol. The van der Waals surface area contributed by atoms with Crippen LogP contribution < -0.4 is 5.32 Å². The van der Waals surface area contributed by atoms with Crippen LogP contribution in [0.5, 0.6) is 0 Å². The molecule has 6 heteroatoms. The Balaban J connectivity index is 1.51. The summed E-state index contributed by atoms with van der Waals surface area (Å²) in [5, 5.41) is 8.24. The zero-order valence-electron chi connectivity index (χ0n) is 13.4. The van der Waals surface area contributed by atoms with Crippen molar-refractivity contribution in [2.45, 2.75) is 32.0 Å². The van der Waals surface area contributed by atoms with Gasteiger partial charge in [0.05, 0.1) is 12.2 Å². The van der Waals surface area contributed by atoms with Crippen molar-refractivity contribution in [2.75, 3.05) is 6.61 Å². The zero-order chi connectivity index (χ0) is 16.5. The summed E-state index contributed by atoms with van der Waals surface area (Å²) in [6.07, 6.45) is 4.38. The van der Waals surface area contributed by atoms with Gasteiger partial charge in [-0.1, -0.05) is 18.2 Å². The molecule has 0 radical (unpaired) electrons. The number of benzene rings is 1. The number of furan rings is 1. The molecule has 0 spiro atoms. The maximum absolute atomic E-state index is 12.5. The van der Waals surface area contributed by atoms with Crippen molar-refractivity contribution in [3.05, 3.63) is 54.0 Å². The van der Waals surface area contributed by atoms with Gasteiger partial charge in [-0.3, -0.25) is 9.48 Å². The second-order valence-corrected chi connectivity index (χ2v) is 5.94. The van der Waals surface area contributed by atoms with Crippen molar-refractivity contribution in [1.82, 2.24) is 15.1 Å². The van der Waals surface area contributed by atoms with Crippen LogP contribution in [0.25, 0.3) is 11.0 Å². The van der Waals surface area contributed by atoms with Crippen LogP contribution >= 0.6 is 0 Å². The van der Waals surface area contributed by atoms with E-state index in [0.29, 0.717) is 18.0 Å². The number of para-hydroxylation sites is 1. The predicted molar refractivity (Wildman–Crippen MR) is 88.7 cm³/mol. The van der Waals surface area contributed by atoms with E-state index in [-0.39, 0.29) is 18.1 Å². The van der Waals surface area contributed by atoms with E-state index in [0.717, 1.165) is 23.9 Å². The lowest BCUT2D eigenvalue weighted by Gasteiger charge is -2.18. The third kappa shape index (κ3) is 2.69. The molecule has 3 aromatic rings. The SMILES string of the molecule is CCn1cc([C@H]2OCC[C@@H]2NC(=O)c2cc3ccccc3o2)cn1. The molecule has 1 aromatic carbocycles. The molecule has 1 amide bonds. The number of carbonyl (C=O) groups excluding carboxylic acids is 1. The summed E-state index contributed by atoms with van der Waals surface area (Å²) in [4.78, 5) is 12.5. The summed E-state index contributed by atoms with van der Waals surface area (Å²) in [5.74, 6) is 0.112. The summed E-state index contributed by atoms with van der Waals surface area (Å²) < 4.78 is 13.3. The number of ether oxygens (including phenoxy) is 1. The number of aryl methyl sites for hydroxylation is 1. The van der Waals surface area contributed by atoms with Crippen molar-refractivity contribution < 1.29 is 13.9 Å². The van der Waals surface area contributed by atoms with Crippen LogP contribution in [-0.2, 0) is 11.3 Å². The average molecular weight is 325 g/mol. The third-order valence-electron chi connectivity index (χ3n) is 4.36. The van der Waals surface area contributed by atoms with Gasteiger partial charge in [-0.25, -0.2) is 0 Å². The normalized spacial score (nSPS) is 20.5. The monoisotopic (exact) mass is 325 g/mol. The first-order valence-electron chi connectivity index (χ1n) is 8.18. The topological polar surface area (TPSA) is 69.3 Å². The van der Waals surface area contributed by atoms with Gasteiger partial charge in [-0.15, -0.1) is 0 Å². The average Bonchev–Trinajstić information content (AvgIpc) is 3.32. The Hall–Kier alpha value is -2.60. The van der Waals surface area contributed by atoms with Crippen molar-refractivity contribution in [3.63, 3.8) is 0 Å². The molecule has 1 aliphatic rings. The molecule has 2 atom stereocenters. The fourth-order valence-electron chi connectivity index (χ4n) is 3.10. The molecule has 124 valence electrons. The molecule has 4 rings (SSSR count). The Kier molecular flexibility index (Phi) is 3.82. The Morgan fingerprint density at radius 1 is 1.42 bits per heavy atom. The number of rotatable bonds is 4. The highest BCUT2D eigenvalue weighted by molar-refractivity contribution is 5.96. The highest BCUT2D eigenvalue weighted by Gasteiger charge is 2.32. The number of carbonyl (C=O) groups is 1. The molecule has 3 heterocycles. The molecule has 1 aliphatic heterocycles. The molecule has 0 unspecified atom stereocenters. The second-order valence-electron chi connectivity index (χ2n) is 5.94. The van der Waals surface area contributed by atoms with Gasteiger partial charge in [0.25, 0.3) is 5.91 Å². The summed E-state index contributed by atoms with van der Waals surface area (Å²) in [6.45, 7) is 3.46. The van der Waals surface area contributed by atoms with Crippen LogP contribution in [0.4, 0.5) is 0 Å². The summed E-state index contributed by atoms with van der Waals surface area (Å²) in [6, 6.07) is 9.28. The van der Waals surface area contributed by atoms with Gasteiger partial charge in [0.2, 0.25) is 0 Å². The van der Waals surface area contributed by atoms with E-state index < -0.39 is 0 Å². The molecule has 1 saturated heterocycles. The first-order chi connectivity index (χ1) is 11.7. The fraction of sp³-hybridized carbons (Fsp3) is 0.333. The minimum atomic E-state index is -0.213. The van der Waals surface area contributed by atoms with E-state index in [1.54, 1.807) is 12.3 Å². The van der Waals surface area contributed by atoms with Crippen LogP contribution in [0.2, 0.25) is 0 Å². The number of hydrogen-bond donors (Lipinski definition) is 1. The van der Waals surface area contributed by atoms with E-state index in [1.807, 2.05) is 42.1 Å². The highest BCUT2D eigenvalue weighted by Crippen LogP contribution is 2.29. The van der Waals surface area contributed by atoms with Crippen LogP contribution in [0.15, 0.2) is 47.1 Å². The van der Waals surface area contributed by atoms with Crippen LogP contribution in [0, 0.1) is 0 Å². The van der Waals surface area contributed by atoms with E-state index >= 15 is 0 Å². The van der Waals surface area contributed by atoms with Crippen LogP contribution in [-0.4, -0.2) is 28.3 Å². The van der Waals surface area contributed by atoms with Crippen molar-refractivity contribution in [3.8, 4) is 0 Å². The number of nitrogens with zero attached hydrogens (tertiary/aromatic N) is 2. The number of aromatic nitrogens is 2. The van der Waals surface area contributed by atoms with E-state index in [1.165, 1.54) is 0 Å². The maximum atomic E-state index is 12.5. The molecule has 2 aromatic heterocycles. The van der Waals surface area contributed by atoms with E-state index in [9.17, 15) is 4.79 Å². The van der Waals surface area contributed by atoms with Gasteiger partial charge in [-0.2, -0.15) is 5.10 Å². The van der Waals surface area contributed by atoms with E-state index in [4.69, 9.17) is 9.15 Å². The van der Waals surface area contributed by atoms with Gasteiger partial charge in [0, 0.05) is 30.3 Å². The lowest BCUT2D eigenvalue weighted by molar-refractivity contribution is 0.0803. The van der Waals surface area contributed by atoms with Crippen LogP contribution in [0.3, 0.4) is 0 Å². The minimum Gasteiger partial charge on any atom is -0.451 e. The zero-order valence-corrected chi connectivity index (χ0v) is 13.4. The third-order valence-corrected chi connectivity index (χ3v) is 4.36. The first-order valence-corrected chi connectivity index (χ1v) is 8.18. The Morgan fingerprint density at radius 2 is 2.29 bits per heavy atom. The molecule has 24 heavy (non-hydrogen) atoms. The van der Waals surface area contributed by atoms with Crippen molar-refractivity contribution in [2.24, 2.45) is 0 Å². The van der Waals surface area contributed by atoms with Crippen LogP contribution in [0.1, 0.15) is 35.6 Å². The molecule has 0 aliphatic carbocycles. The predicted octanol–water partition coefficient (Wildman–Crippen LogP) is 2.91. The smallest absolute Gasteiger partial charge is 0.287 e. The quantitative estimate of drug-likeness (QED) is 0.801. The molecule has 0 saturated carbocycles. The second kappa shape index (κ2) is 6.13. The fourth-order valence-corrected chi connectivity index (χ4v) is 3.10. The minimum absolute atomic E-state index is 0.0831. The summed E-state index contributed by atoms with van der Waals surface area (Å²) >= 11 is 0. The lowest BCUT2D eigenvalue weighted by Crippen LogP contribution is -2.36. The van der Waals surface area contributed by atoms with Gasteiger partial charge in [-0.05, 0) is 25.5 Å². The summed E-state index contributed by atoms with van der Waals surface area (Å²) in [7, 11) is 0. The van der Waals surface area contributed by atoms with Crippen molar-refractivity contribution in [1.29, 1.82) is 0 Å². The Morgan fingerprint density at radius 3 is 3.08 bits per heavy atom.